The fraction of sp³-hybridized carbons (Fsp3) is 0.684. The van der Waals surface area contributed by atoms with Crippen molar-refractivity contribution in [3.8, 4) is 5.75 Å². The van der Waals surface area contributed by atoms with Crippen molar-refractivity contribution >= 4 is 0 Å². The van der Waals surface area contributed by atoms with Gasteiger partial charge in [0.2, 0.25) is 0 Å². The topological polar surface area (TPSA) is 29.5 Å². The minimum atomic E-state index is -0.0688. The highest BCUT2D eigenvalue weighted by Gasteiger charge is 2.54. The first-order valence-electron chi connectivity index (χ1n) is 8.48. The number of hydrogen-bond acceptors (Lipinski definition) is 2. The second-order valence-corrected chi connectivity index (χ2v) is 7.62. The number of rotatable bonds is 1. The van der Waals surface area contributed by atoms with Crippen LogP contribution in [0.3, 0.4) is 0 Å². The Morgan fingerprint density at radius 2 is 2.05 bits per heavy atom. The summed E-state index contributed by atoms with van der Waals surface area (Å²) in [7, 11) is 1.75. The molecule has 2 nitrogen and oxygen atoms in total. The van der Waals surface area contributed by atoms with Crippen molar-refractivity contribution in [2.24, 2.45) is 17.3 Å². The number of benzene rings is 1. The number of aliphatic hydroxyl groups is 1. The molecule has 0 heterocycles. The third-order valence-electron chi connectivity index (χ3n) is 6.88. The minimum absolute atomic E-state index is 0.0688. The number of hydrogen-bond donors (Lipinski definition) is 1. The van der Waals surface area contributed by atoms with E-state index < -0.39 is 0 Å². The Bertz CT molecular complexity index is 552. The van der Waals surface area contributed by atoms with E-state index in [0.717, 1.165) is 24.0 Å². The van der Waals surface area contributed by atoms with Gasteiger partial charge in [-0.05, 0) is 85.0 Å². The third-order valence-corrected chi connectivity index (χ3v) is 6.88. The van der Waals surface area contributed by atoms with Crippen LogP contribution in [0, 0.1) is 17.3 Å². The molecule has 2 saturated carbocycles. The summed E-state index contributed by atoms with van der Waals surface area (Å²) >= 11 is 0. The van der Waals surface area contributed by atoms with Crippen molar-refractivity contribution in [3.63, 3.8) is 0 Å². The van der Waals surface area contributed by atoms with Gasteiger partial charge in [0.1, 0.15) is 5.75 Å². The minimum Gasteiger partial charge on any atom is -0.497 e. The third kappa shape index (κ3) is 1.88. The molecule has 5 atom stereocenters. The maximum atomic E-state index is 10.4. The molecule has 3 aliphatic carbocycles. The van der Waals surface area contributed by atoms with Crippen LogP contribution < -0.4 is 4.74 Å². The molecule has 1 aromatic carbocycles. The Balaban J connectivity index is 1.68. The Morgan fingerprint density at radius 1 is 1.19 bits per heavy atom. The molecule has 1 unspecified atom stereocenters. The van der Waals surface area contributed by atoms with E-state index in [1.807, 2.05) is 0 Å². The Labute approximate surface area is 127 Å². The van der Waals surface area contributed by atoms with Crippen LogP contribution in [0.2, 0.25) is 0 Å². The lowest BCUT2D eigenvalue weighted by Crippen LogP contribution is -2.43. The summed E-state index contributed by atoms with van der Waals surface area (Å²) in [6.07, 6.45) is 7.07. The molecule has 4 rings (SSSR count). The first-order chi connectivity index (χ1) is 10.1. The van der Waals surface area contributed by atoms with Gasteiger partial charge in [0, 0.05) is 0 Å². The van der Waals surface area contributed by atoms with Crippen LogP contribution in [-0.4, -0.2) is 18.3 Å². The van der Waals surface area contributed by atoms with Gasteiger partial charge in [-0.2, -0.15) is 0 Å². The lowest BCUT2D eigenvalue weighted by Gasteiger charge is -2.50. The highest BCUT2D eigenvalue weighted by atomic mass is 16.5. The van der Waals surface area contributed by atoms with Crippen LogP contribution in [0.1, 0.15) is 56.1 Å². The van der Waals surface area contributed by atoms with Gasteiger partial charge in [0.15, 0.2) is 0 Å². The van der Waals surface area contributed by atoms with E-state index in [4.69, 9.17) is 4.74 Å². The maximum absolute atomic E-state index is 10.4. The van der Waals surface area contributed by atoms with Crippen molar-refractivity contribution < 1.29 is 9.84 Å². The maximum Gasteiger partial charge on any atom is 0.119 e. The molecule has 1 aromatic rings. The van der Waals surface area contributed by atoms with Crippen molar-refractivity contribution in [2.75, 3.05) is 7.11 Å². The van der Waals surface area contributed by atoms with Gasteiger partial charge < -0.3 is 9.84 Å². The number of methoxy groups -OCH3 is 1. The van der Waals surface area contributed by atoms with Gasteiger partial charge >= 0.3 is 0 Å². The number of ether oxygens (including phenoxy) is 1. The summed E-state index contributed by atoms with van der Waals surface area (Å²) in [5.74, 6) is 3.20. The highest BCUT2D eigenvalue weighted by molar-refractivity contribution is 5.40. The van der Waals surface area contributed by atoms with Gasteiger partial charge in [-0.1, -0.05) is 13.0 Å². The molecule has 0 saturated heterocycles. The predicted octanol–water partition coefficient (Wildman–Crippen LogP) is 3.91. The molecule has 21 heavy (non-hydrogen) atoms. The average Bonchev–Trinajstić information content (AvgIpc) is 2.82. The molecule has 114 valence electrons. The monoisotopic (exact) mass is 286 g/mol. The zero-order valence-electron chi connectivity index (χ0n) is 13.1. The Kier molecular flexibility index (Phi) is 3.08. The standard InChI is InChI=1S/C19H26O2/c1-19-10-9-15-14-6-4-13(21-2)11-12(14)3-5-16(15)17(19)7-8-18(19)20/h4,6,11,15-18,20H,3,5,7-10H2,1-2H3/t15?,16-,17+,18+,19+/m1/s1. The second-order valence-electron chi connectivity index (χ2n) is 7.62. The zero-order chi connectivity index (χ0) is 14.6. The van der Waals surface area contributed by atoms with Crippen LogP contribution in [0.25, 0.3) is 0 Å². The summed E-state index contributed by atoms with van der Waals surface area (Å²) in [5, 5.41) is 10.4. The highest BCUT2D eigenvalue weighted by Crippen LogP contribution is 2.60. The molecule has 2 heteroatoms. The van der Waals surface area contributed by atoms with Crippen molar-refractivity contribution in [1.29, 1.82) is 0 Å². The molecule has 0 aromatic heterocycles. The molecule has 0 radical (unpaired) electrons. The van der Waals surface area contributed by atoms with E-state index in [-0.39, 0.29) is 11.5 Å². The molecule has 0 spiro atoms. The van der Waals surface area contributed by atoms with Crippen molar-refractivity contribution in [3.05, 3.63) is 29.3 Å². The summed E-state index contributed by atoms with van der Waals surface area (Å²) in [6, 6.07) is 6.67. The van der Waals surface area contributed by atoms with E-state index in [2.05, 4.69) is 25.1 Å². The molecule has 2 fully saturated rings. The molecular weight excluding hydrogens is 260 g/mol. The van der Waals surface area contributed by atoms with Crippen molar-refractivity contribution in [1.82, 2.24) is 0 Å². The summed E-state index contributed by atoms with van der Waals surface area (Å²) in [5.41, 5.74) is 3.25. The van der Waals surface area contributed by atoms with Crippen LogP contribution in [0.4, 0.5) is 0 Å². The lowest BCUT2D eigenvalue weighted by atomic mass is 9.55. The van der Waals surface area contributed by atoms with Gasteiger partial charge in [-0.15, -0.1) is 0 Å². The normalized spacial score (nSPS) is 41.1. The Hall–Kier alpha value is -1.02. The van der Waals surface area contributed by atoms with Crippen LogP contribution >= 0.6 is 0 Å². The first-order valence-corrected chi connectivity index (χ1v) is 8.48. The van der Waals surface area contributed by atoms with E-state index in [0.29, 0.717) is 5.92 Å². The average molecular weight is 286 g/mol. The fourth-order valence-electron chi connectivity index (χ4n) is 5.66. The van der Waals surface area contributed by atoms with Crippen LogP contribution in [0.15, 0.2) is 18.2 Å². The predicted molar refractivity (Wildman–Crippen MR) is 83.6 cm³/mol. The first kappa shape index (κ1) is 13.6. The van der Waals surface area contributed by atoms with E-state index in [1.165, 1.54) is 37.7 Å². The van der Waals surface area contributed by atoms with Gasteiger partial charge in [0.25, 0.3) is 0 Å². The summed E-state index contributed by atoms with van der Waals surface area (Å²) in [6.45, 7) is 2.34. The van der Waals surface area contributed by atoms with E-state index in [9.17, 15) is 5.11 Å². The van der Waals surface area contributed by atoms with Crippen molar-refractivity contribution in [2.45, 2.75) is 57.5 Å². The lowest BCUT2D eigenvalue weighted by molar-refractivity contribution is -0.0226. The van der Waals surface area contributed by atoms with E-state index in [1.54, 1.807) is 12.7 Å². The quantitative estimate of drug-likeness (QED) is 0.848. The fourth-order valence-corrected chi connectivity index (χ4v) is 5.66. The molecular formula is C19H26O2. The van der Waals surface area contributed by atoms with Crippen LogP contribution in [-0.2, 0) is 6.42 Å². The number of fused-ring (bicyclic) bond motifs is 5. The summed E-state index contributed by atoms with van der Waals surface area (Å²) in [4.78, 5) is 0. The zero-order valence-corrected chi connectivity index (χ0v) is 13.1. The SMILES string of the molecule is COc1ccc2c(c1)CC[C@@H]1C2CC[C@]2(C)[C@@H](O)CC[C@@H]12. The van der Waals surface area contributed by atoms with Gasteiger partial charge in [-0.25, -0.2) is 0 Å². The largest absolute Gasteiger partial charge is 0.497 e. The molecule has 3 aliphatic rings. The molecule has 0 bridgehead atoms. The smallest absolute Gasteiger partial charge is 0.119 e. The van der Waals surface area contributed by atoms with Gasteiger partial charge in [-0.3, -0.25) is 0 Å². The summed E-state index contributed by atoms with van der Waals surface area (Å²) < 4.78 is 5.38. The van der Waals surface area contributed by atoms with Gasteiger partial charge in [0.05, 0.1) is 13.2 Å². The number of aryl methyl sites for hydroxylation is 1. The second kappa shape index (κ2) is 4.74. The molecule has 0 aliphatic heterocycles. The number of aliphatic hydroxyl groups excluding tert-OH is 1. The van der Waals surface area contributed by atoms with Crippen LogP contribution in [0.5, 0.6) is 5.75 Å². The molecule has 1 N–H and O–H groups in total. The molecule has 0 amide bonds. The Morgan fingerprint density at radius 3 is 2.86 bits per heavy atom. The van der Waals surface area contributed by atoms with E-state index >= 15 is 0 Å².